The van der Waals surface area contributed by atoms with E-state index in [1.165, 1.54) is 12.0 Å². The van der Waals surface area contributed by atoms with Gasteiger partial charge in [-0.3, -0.25) is 0 Å². The Kier molecular flexibility index (Phi) is 1.55. The van der Waals surface area contributed by atoms with Crippen molar-refractivity contribution < 1.29 is 10.4 Å². The van der Waals surface area contributed by atoms with Gasteiger partial charge in [0.1, 0.15) is 0 Å². The molecule has 2 bridgehead atoms. The molecule has 0 radical (unpaired) electrons. The molecule has 4 heteroatoms. The molecule has 106 valence electrons. The minimum absolute atomic E-state index is 0.181. The van der Waals surface area contributed by atoms with Gasteiger partial charge in [-0.2, -0.15) is 0 Å². The van der Waals surface area contributed by atoms with E-state index in [0.29, 0.717) is 35.5 Å². The van der Waals surface area contributed by atoms with Gasteiger partial charge in [0.05, 0.1) is 11.4 Å². The van der Waals surface area contributed by atoms with Crippen molar-refractivity contribution in [3.8, 4) is 0 Å². The summed E-state index contributed by atoms with van der Waals surface area (Å²) in [7, 11) is 0. The zero-order valence-corrected chi connectivity index (χ0v) is 11.4. The lowest BCUT2D eigenvalue weighted by atomic mass is 9.46. The molecule has 0 aromatic heterocycles. The summed E-state index contributed by atoms with van der Waals surface area (Å²) in [6.45, 7) is 0. The lowest BCUT2D eigenvalue weighted by Crippen LogP contribution is -2.62. The number of benzene rings is 1. The normalized spacial score (nSPS) is 57.6. The third kappa shape index (κ3) is 0.776. The van der Waals surface area contributed by atoms with Crippen LogP contribution in [0.1, 0.15) is 12.0 Å². The summed E-state index contributed by atoms with van der Waals surface area (Å²) >= 11 is 0. The fourth-order valence-corrected chi connectivity index (χ4v) is 7.48. The zero-order chi connectivity index (χ0) is 13.9. The second-order valence-corrected chi connectivity index (χ2v) is 7.44. The van der Waals surface area contributed by atoms with E-state index in [0.717, 1.165) is 11.4 Å². The highest BCUT2D eigenvalue weighted by atomic mass is 16.4. The Morgan fingerprint density at radius 1 is 1.00 bits per heavy atom. The molecule has 21 heavy (non-hydrogen) atoms. The van der Waals surface area contributed by atoms with Gasteiger partial charge in [0.2, 0.25) is 0 Å². The van der Waals surface area contributed by atoms with E-state index in [2.05, 4.69) is 34.6 Å². The van der Waals surface area contributed by atoms with Crippen molar-refractivity contribution in [1.29, 1.82) is 0 Å². The Balaban J connectivity index is 1.70. The van der Waals surface area contributed by atoms with Crippen molar-refractivity contribution in [2.75, 3.05) is 0 Å². The first kappa shape index (κ1) is 10.8. The van der Waals surface area contributed by atoms with Crippen LogP contribution in [0, 0.1) is 41.4 Å². The summed E-state index contributed by atoms with van der Waals surface area (Å²) < 4.78 is 0. The molecule has 5 aliphatic carbocycles. The van der Waals surface area contributed by atoms with E-state index in [1.54, 1.807) is 0 Å². The summed E-state index contributed by atoms with van der Waals surface area (Å²) in [5.74, 6) is 3.47. The molecule has 2 N–H and O–H groups in total. The summed E-state index contributed by atoms with van der Waals surface area (Å²) in [5, 5.41) is 26.9. The monoisotopic (exact) mass is 280 g/mol. The van der Waals surface area contributed by atoms with Crippen LogP contribution in [-0.2, 0) is 5.41 Å². The van der Waals surface area contributed by atoms with Crippen LogP contribution in [0.2, 0.25) is 0 Å². The SMILES string of the molecule is ON=C1C2C3CC4C2C(=NO)C2(c5ccccc5)C1C3C42. The molecule has 0 amide bonds. The van der Waals surface area contributed by atoms with Gasteiger partial charge >= 0.3 is 0 Å². The number of nitrogens with zero attached hydrogens (tertiary/aromatic N) is 2. The number of rotatable bonds is 1. The third-order valence-corrected chi connectivity index (χ3v) is 7.50. The van der Waals surface area contributed by atoms with Crippen LogP contribution in [0.3, 0.4) is 0 Å². The molecule has 8 atom stereocenters. The van der Waals surface area contributed by atoms with Crippen molar-refractivity contribution in [3.05, 3.63) is 35.9 Å². The number of hydrogen-bond donors (Lipinski definition) is 2. The molecule has 0 heterocycles. The van der Waals surface area contributed by atoms with Crippen molar-refractivity contribution >= 4 is 11.4 Å². The molecule has 5 fully saturated rings. The number of oxime groups is 2. The second kappa shape index (κ2) is 3.01. The average molecular weight is 280 g/mol. The van der Waals surface area contributed by atoms with E-state index in [9.17, 15) is 10.4 Å². The fourth-order valence-electron chi connectivity index (χ4n) is 7.48. The van der Waals surface area contributed by atoms with Crippen molar-refractivity contribution in [2.24, 2.45) is 51.7 Å². The van der Waals surface area contributed by atoms with Gasteiger partial charge in [0.25, 0.3) is 0 Å². The maximum atomic E-state index is 9.75. The summed E-state index contributed by atoms with van der Waals surface area (Å²) in [6, 6.07) is 10.5. The highest BCUT2D eigenvalue weighted by Crippen LogP contribution is 2.85. The van der Waals surface area contributed by atoms with Crippen molar-refractivity contribution in [3.63, 3.8) is 0 Å². The second-order valence-electron chi connectivity index (χ2n) is 7.44. The molecule has 4 nitrogen and oxygen atoms in total. The summed E-state index contributed by atoms with van der Waals surface area (Å²) in [5.41, 5.74) is 3.06. The van der Waals surface area contributed by atoms with E-state index >= 15 is 0 Å². The Labute approximate surface area is 122 Å². The van der Waals surface area contributed by atoms with Crippen LogP contribution in [0.15, 0.2) is 40.6 Å². The summed E-state index contributed by atoms with van der Waals surface area (Å²) in [6.07, 6.45) is 1.23. The van der Waals surface area contributed by atoms with Gasteiger partial charge < -0.3 is 10.4 Å². The maximum Gasteiger partial charge on any atom is 0.0726 e. The molecule has 6 rings (SSSR count). The smallest absolute Gasteiger partial charge is 0.0726 e. The molecule has 0 spiro atoms. The molecular formula is C17H16N2O2. The Hall–Kier alpha value is -1.84. The van der Waals surface area contributed by atoms with Crippen molar-refractivity contribution in [2.45, 2.75) is 11.8 Å². The first-order valence-electron chi connectivity index (χ1n) is 7.85. The lowest BCUT2D eigenvalue weighted by molar-refractivity contribution is 0.0332. The van der Waals surface area contributed by atoms with E-state index in [1.807, 2.05) is 6.07 Å². The predicted molar refractivity (Wildman–Crippen MR) is 75.6 cm³/mol. The molecule has 1 aromatic rings. The zero-order valence-electron chi connectivity index (χ0n) is 11.4. The first-order chi connectivity index (χ1) is 10.4. The Morgan fingerprint density at radius 3 is 2.52 bits per heavy atom. The van der Waals surface area contributed by atoms with Crippen LogP contribution < -0.4 is 0 Å². The lowest BCUT2D eigenvalue weighted by Gasteiger charge is -2.56. The molecule has 8 unspecified atom stereocenters. The van der Waals surface area contributed by atoms with Gasteiger partial charge in [0, 0.05) is 23.2 Å². The van der Waals surface area contributed by atoms with E-state index in [-0.39, 0.29) is 11.3 Å². The van der Waals surface area contributed by atoms with Gasteiger partial charge in [-0.1, -0.05) is 40.6 Å². The highest BCUT2D eigenvalue weighted by Gasteiger charge is 2.88. The first-order valence-corrected chi connectivity index (χ1v) is 7.85. The quantitative estimate of drug-likeness (QED) is 0.612. The largest absolute Gasteiger partial charge is 0.411 e. The van der Waals surface area contributed by atoms with Crippen LogP contribution in [0.5, 0.6) is 0 Å². The van der Waals surface area contributed by atoms with Gasteiger partial charge in [-0.15, -0.1) is 0 Å². The molecule has 5 saturated carbocycles. The van der Waals surface area contributed by atoms with Crippen molar-refractivity contribution in [1.82, 2.24) is 0 Å². The van der Waals surface area contributed by atoms with E-state index in [4.69, 9.17) is 0 Å². The van der Waals surface area contributed by atoms with Gasteiger partial charge in [0.15, 0.2) is 0 Å². The minimum atomic E-state index is -0.181. The Morgan fingerprint density at radius 2 is 1.81 bits per heavy atom. The molecule has 0 saturated heterocycles. The van der Waals surface area contributed by atoms with Crippen LogP contribution in [-0.4, -0.2) is 21.8 Å². The molecule has 0 aliphatic heterocycles. The molecular weight excluding hydrogens is 264 g/mol. The average Bonchev–Trinajstić information content (AvgIpc) is 3.06. The molecule has 5 aliphatic rings. The van der Waals surface area contributed by atoms with Gasteiger partial charge in [-0.05, 0) is 35.7 Å². The third-order valence-electron chi connectivity index (χ3n) is 7.50. The standard InChI is InChI=1S/C17H16N2O2/c20-18-15-10-8-6-9-11(10)16(19-21)17(7-4-2-1-3-5-7)13(9)12(8)14(15)17/h1-5,8-14,20-21H,6H2. The van der Waals surface area contributed by atoms with Crippen LogP contribution in [0.25, 0.3) is 0 Å². The van der Waals surface area contributed by atoms with Crippen LogP contribution >= 0.6 is 0 Å². The van der Waals surface area contributed by atoms with Gasteiger partial charge in [-0.25, -0.2) is 0 Å². The topological polar surface area (TPSA) is 65.2 Å². The highest BCUT2D eigenvalue weighted by molar-refractivity contribution is 6.15. The number of hydrogen-bond acceptors (Lipinski definition) is 4. The molecule has 1 aromatic carbocycles. The maximum absolute atomic E-state index is 9.75. The van der Waals surface area contributed by atoms with E-state index < -0.39 is 0 Å². The predicted octanol–water partition coefficient (Wildman–Crippen LogP) is 2.36. The minimum Gasteiger partial charge on any atom is -0.411 e. The number of fused-ring (bicyclic) bond motifs is 2. The summed E-state index contributed by atoms with van der Waals surface area (Å²) in [4.78, 5) is 0. The Bertz CT molecular complexity index is 726. The van der Waals surface area contributed by atoms with Crippen LogP contribution in [0.4, 0.5) is 0 Å². The fraction of sp³-hybridized carbons (Fsp3) is 0.529.